The molecule has 0 aliphatic rings. The van der Waals surface area contributed by atoms with Gasteiger partial charge in [-0.2, -0.15) is 0 Å². The maximum Gasteiger partial charge on any atom is 0.303 e. The van der Waals surface area contributed by atoms with Crippen LogP contribution in [-0.4, -0.2) is 34.5 Å². The molecule has 1 aromatic carbocycles. The Labute approximate surface area is 131 Å². The van der Waals surface area contributed by atoms with Gasteiger partial charge in [-0.15, -0.1) is 0 Å². The van der Waals surface area contributed by atoms with Gasteiger partial charge < -0.3 is 10.0 Å². The van der Waals surface area contributed by atoms with Gasteiger partial charge in [0.05, 0.1) is 0 Å². The summed E-state index contributed by atoms with van der Waals surface area (Å²) in [6.07, 6.45) is 0.483. The van der Waals surface area contributed by atoms with Gasteiger partial charge in [-0.1, -0.05) is 27.5 Å². The largest absolute Gasteiger partial charge is 0.481 e. The van der Waals surface area contributed by atoms with Crippen LogP contribution in [-0.2, 0) is 4.79 Å². The van der Waals surface area contributed by atoms with E-state index in [9.17, 15) is 9.59 Å². The lowest BCUT2D eigenvalue weighted by molar-refractivity contribution is -0.137. The van der Waals surface area contributed by atoms with E-state index in [0.717, 1.165) is 4.47 Å². The van der Waals surface area contributed by atoms with Crippen LogP contribution < -0.4 is 0 Å². The summed E-state index contributed by atoms with van der Waals surface area (Å²) in [6, 6.07) is 5.03. The van der Waals surface area contributed by atoms with Crippen LogP contribution in [0.5, 0.6) is 0 Å². The van der Waals surface area contributed by atoms with Gasteiger partial charge in [0.25, 0.3) is 5.91 Å². The highest BCUT2D eigenvalue weighted by Crippen LogP contribution is 2.21. The summed E-state index contributed by atoms with van der Waals surface area (Å²) in [4.78, 5) is 24.7. The molecule has 0 saturated heterocycles. The molecule has 0 aromatic heterocycles. The van der Waals surface area contributed by atoms with Crippen molar-refractivity contribution in [2.45, 2.75) is 32.7 Å². The Morgan fingerprint density at radius 2 is 2.00 bits per heavy atom. The van der Waals surface area contributed by atoms with Gasteiger partial charge in [0.2, 0.25) is 0 Å². The van der Waals surface area contributed by atoms with Crippen LogP contribution in [0.4, 0.5) is 0 Å². The van der Waals surface area contributed by atoms with Gasteiger partial charge in [-0.3, -0.25) is 9.59 Å². The zero-order valence-electron chi connectivity index (χ0n) is 11.4. The van der Waals surface area contributed by atoms with Crippen molar-refractivity contribution in [1.82, 2.24) is 4.90 Å². The third-order valence-electron chi connectivity index (χ3n) is 2.78. The van der Waals surface area contributed by atoms with Crippen LogP contribution in [0.2, 0.25) is 5.02 Å². The normalized spacial score (nSPS) is 10.7. The molecule has 20 heavy (non-hydrogen) atoms. The summed E-state index contributed by atoms with van der Waals surface area (Å²) in [5.74, 6) is -1.000. The summed E-state index contributed by atoms with van der Waals surface area (Å²) in [7, 11) is 0. The third kappa shape index (κ3) is 5.13. The highest BCUT2D eigenvalue weighted by atomic mass is 79.9. The second kappa shape index (κ2) is 7.64. The molecule has 0 spiro atoms. The number of nitrogens with zero attached hydrogens (tertiary/aromatic N) is 1. The number of halogens is 2. The van der Waals surface area contributed by atoms with E-state index < -0.39 is 5.97 Å². The first-order chi connectivity index (χ1) is 9.31. The van der Waals surface area contributed by atoms with Crippen LogP contribution in [0, 0.1) is 0 Å². The fourth-order valence-electron chi connectivity index (χ4n) is 1.84. The van der Waals surface area contributed by atoms with Crippen LogP contribution in [0.3, 0.4) is 0 Å². The second-order valence-electron chi connectivity index (χ2n) is 4.75. The Morgan fingerprint density at radius 1 is 1.35 bits per heavy atom. The number of hydrogen-bond donors (Lipinski definition) is 1. The second-order valence-corrected chi connectivity index (χ2v) is 6.10. The molecule has 6 heteroatoms. The lowest BCUT2D eigenvalue weighted by Crippen LogP contribution is -2.37. The quantitative estimate of drug-likeness (QED) is 0.837. The average Bonchev–Trinajstić information content (AvgIpc) is 2.31. The molecular weight excluding hydrogens is 346 g/mol. The van der Waals surface area contributed by atoms with Crippen LogP contribution in [0.1, 0.15) is 37.0 Å². The Balaban J connectivity index is 2.85. The maximum absolute atomic E-state index is 12.5. The van der Waals surface area contributed by atoms with Gasteiger partial charge in [0.15, 0.2) is 0 Å². The molecule has 0 bridgehead atoms. The number of hydrogen-bond acceptors (Lipinski definition) is 2. The molecule has 1 aromatic rings. The van der Waals surface area contributed by atoms with Crippen molar-refractivity contribution in [2.75, 3.05) is 6.54 Å². The summed E-state index contributed by atoms with van der Waals surface area (Å²) in [6.45, 7) is 4.21. The highest BCUT2D eigenvalue weighted by molar-refractivity contribution is 9.10. The van der Waals surface area contributed by atoms with Crippen LogP contribution >= 0.6 is 27.5 Å². The highest BCUT2D eigenvalue weighted by Gasteiger charge is 2.19. The fourth-order valence-corrected chi connectivity index (χ4v) is 2.70. The predicted octanol–water partition coefficient (Wildman–Crippen LogP) is 3.82. The van der Waals surface area contributed by atoms with Crippen molar-refractivity contribution < 1.29 is 14.7 Å². The summed E-state index contributed by atoms with van der Waals surface area (Å²) >= 11 is 9.25. The molecule has 0 aliphatic carbocycles. The Hall–Kier alpha value is -1.07. The number of benzene rings is 1. The van der Waals surface area contributed by atoms with Crippen molar-refractivity contribution in [1.29, 1.82) is 0 Å². The molecule has 1 rings (SSSR count). The minimum absolute atomic E-state index is 0.00551. The first-order valence-electron chi connectivity index (χ1n) is 6.30. The van der Waals surface area contributed by atoms with Crippen molar-refractivity contribution in [3.63, 3.8) is 0 Å². The lowest BCUT2D eigenvalue weighted by atomic mass is 10.1. The van der Waals surface area contributed by atoms with E-state index >= 15 is 0 Å². The summed E-state index contributed by atoms with van der Waals surface area (Å²) in [5.41, 5.74) is 0.494. The van der Waals surface area contributed by atoms with E-state index in [1.54, 1.807) is 23.1 Å². The zero-order chi connectivity index (χ0) is 15.3. The molecule has 0 atom stereocenters. The van der Waals surface area contributed by atoms with Gasteiger partial charge in [0, 0.05) is 34.1 Å². The topological polar surface area (TPSA) is 57.6 Å². The predicted molar refractivity (Wildman–Crippen MR) is 82.2 cm³/mol. The number of aliphatic carboxylic acids is 1. The molecule has 4 nitrogen and oxygen atoms in total. The minimum Gasteiger partial charge on any atom is -0.481 e. The first kappa shape index (κ1) is 17.0. The van der Waals surface area contributed by atoms with Crippen molar-refractivity contribution in [3.8, 4) is 0 Å². The Kier molecular flexibility index (Phi) is 6.49. The molecule has 0 aliphatic heterocycles. The number of rotatable bonds is 6. The Morgan fingerprint density at radius 3 is 2.50 bits per heavy atom. The molecule has 1 amide bonds. The zero-order valence-corrected chi connectivity index (χ0v) is 13.7. The smallest absolute Gasteiger partial charge is 0.303 e. The number of carboxylic acids is 1. The molecular formula is C14H17BrClNO3. The van der Waals surface area contributed by atoms with Crippen molar-refractivity contribution >= 4 is 39.4 Å². The SMILES string of the molecule is CC(C)N(CCCC(=O)O)C(=O)c1cc(Cl)cc(Br)c1. The van der Waals surface area contributed by atoms with Gasteiger partial charge in [-0.25, -0.2) is 0 Å². The molecule has 0 radical (unpaired) electrons. The molecule has 0 unspecified atom stereocenters. The van der Waals surface area contributed by atoms with E-state index in [4.69, 9.17) is 16.7 Å². The minimum atomic E-state index is -0.855. The van der Waals surface area contributed by atoms with Gasteiger partial charge >= 0.3 is 5.97 Å². The molecule has 0 saturated carbocycles. The number of amides is 1. The molecule has 0 fully saturated rings. The standard InChI is InChI=1S/C14H17BrClNO3/c1-9(2)17(5-3-4-13(18)19)14(20)10-6-11(15)8-12(16)7-10/h6-9H,3-5H2,1-2H3,(H,18,19). The van der Waals surface area contributed by atoms with E-state index in [-0.39, 0.29) is 18.4 Å². The number of carbonyl (C=O) groups excluding carboxylic acids is 1. The van der Waals surface area contributed by atoms with E-state index in [2.05, 4.69) is 15.9 Å². The molecule has 0 heterocycles. The van der Waals surface area contributed by atoms with Crippen molar-refractivity contribution in [2.24, 2.45) is 0 Å². The monoisotopic (exact) mass is 361 g/mol. The Bertz CT molecular complexity index is 485. The van der Waals surface area contributed by atoms with Crippen LogP contribution in [0.25, 0.3) is 0 Å². The maximum atomic E-state index is 12.5. The number of carbonyl (C=O) groups is 2. The summed E-state index contributed by atoms with van der Waals surface area (Å²) < 4.78 is 0.739. The molecule has 1 N–H and O–H groups in total. The van der Waals surface area contributed by atoms with E-state index in [1.807, 2.05) is 13.8 Å². The van der Waals surface area contributed by atoms with Crippen LogP contribution in [0.15, 0.2) is 22.7 Å². The molecule has 110 valence electrons. The third-order valence-corrected chi connectivity index (χ3v) is 3.46. The number of carboxylic acid groups (broad SMARTS) is 1. The average molecular weight is 363 g/mol. The first-order valence-corrected chi connectivity index (χ1v) is 7.47. The summed E-state index contributed by atoms with van der Waals surface area (Å²) in [5, 5.41) is 9.15. The van der Waals surface area contributed by atoms with E-state index in [1.165, 1.54) is 0 Å². The van der Waals surface area contributed by atoms with Gasteiger partial charge in [-0.05, 0) is 38.5 Å². The van der Waals surface area contributed by atoms with Gasteiger partial charge in [0.1, 0.15) is 0 Å². The van der Waals surface area contributed by atoms with E-state index in [0.29, 0.717) is 23.6 Å². The fraction of sp³-hybridized carbons (Fsp3) is 0.429. The van der Waals surface area contributed by atoms with Crippen molar-refractivity contribution in [3.05, 3.63) is 33.3 Å². The lowest BCUT2D eigenvalue weighted by Gasteiger charge is -2.27.